The maximum absolute atomic E-state index is 4.42. The van der Waals surface area contributed by atoms with Gasteiger partial charge in [-0.2, -0.15) is 0 Å². The molecule has 0 amide bonds. The van der Waals surface area contributed by atoms with Crippen molar-refractivity contribution in [3.63, 3.8) is 0 Å². The minimum Gasteiger partial charge on any atom is -0.302 e. The monoisotopic (exact) mass is 295 g/mol. The zero-order valence-electron chi connectivity index (χ0n) is 12.0. The summed E-state index contributed by atoms with van der Waals surface area (Å²) in [5.41, 5.74) is 4.04. The van der Waals surface area contributed by atoms with Gasteiger partial charge in [-0.1, -0.05) is 18.2 Å². The minimum absolute atomic E-state index is 1.03. The van der Waals surface area contributed by atoms with Gasteiger partial charge in [0.1, 0.15) is 0 Å². The lowest BCUT2D eigenvalue weighted by molar-refractivity contribution is 0.370. The van der Waals surface area contributed by atoms with Crippen LogP contribution in [0, 0.1) is 0 Å². The summed E-state index contributed by atoms with van der Waals surface area (Å²) in [6, 6.07) is 8.91. The smallest absolute Gasteiger partial charge is 0.193 e. The van der Waals surface area contributed by atoms with E-state index in [1.54, 1.807) is 11.3 Å². The Morgan fingerprint density at radius 3 is 2.95 bits per heavy atom. The molecule has 4 rings (SSSR count). The first-order valence-electron chi connectivity index (χ1n) is 7.20. The number of hydrogen-bond donors (Lipinski definition) is 0. The average molecular weight is 295 g/mol. The van der Waals surface area contributed by atoms with E-state index in [-0.39, 0.29) is 0 Å². The van der Waals surface area contributed by atoms with Crippen LogP contribution in [0.25, 0.3) is 21.6 Å². The topological polar surface area (TPSA) is 21.1 Å². The molecule has 0 bridgehead atoms. The summed E-state index contributed by atoms with van der Waals surface area (Å²) in [5.74, 6) is 0. The van der Waals surface area contributed by atoms with Crippen LogP contribution >= 0.6 is 11.3 Å². The van der Waals surface area contributed by atoms with Crippen molar-refractivity contribution in [1.82, 2.24) is 14.5 Å². The SMILES string of the molecule is CN1CC=C(c2ccc3ccn(-c4nccs4)c3c2)CC1. The Kier molecular flexibility index (Phi) is 3.13. The normalized spacial score (nSPS) is 16.3. The third kappa shape index (κ3) is 2.30. The fourth-order valence-corrected chi connectivity index (χ4v) is 3.50. The maximum atomic E-state index is 4.42. The lowest BCUT2D eigenvalue weighted by Crippen LogP contribution is -2.23. The molecule has 0 fully saturated rings. The number of aromatic nitrogens is 2. The van der Waals surface area contributed by atoms with Crippen LogP contribution in [0.15, 0.2) is 48.1 Å². The quantitative estimate of drug-likeness (QED) is 0.717. The highest BCUT2D eigenvalue weighted by Crippen LogP contribution is 2.28. The zero-order valence-corrected chi connectivity index (χ0v) is 12.8. The van der Waals surface area contributed by atoms with Gasteiger partial charge in [-0.25, -0.2) is 4.98 Å². The van der Waals surface area contributed by atoms with E-state index in [9.17, 15) is 0 Å². The molecule has 0 aliphatic carbocycles. The van der Waals surface area contributed by atoms with Gasteiger partial charge >= 0.3 is 0 Å². The molecule has 0 saturated heterocycles. The van der Waals surface area contributed by atoms with Crippen LogP contribution in [0.2, 0.25) is 0 Å². The second kappa shape index (κ2) is 5.13. The van der Waals surface area contributed by atoms with Crippen LogP contribution in [0.4, 0.5) is 0 Å². The summed E-state index contributed by atoms with van der Waals surface area (Å²) in [4.78, 5) is 6.77. The molecule has 3 heterocycles. The molecule has 3 aromatic rings. The van der Waals surface area contributed by atoms with E-state index in [0.29, 0.717) is 0 Å². The number of hydrogen-bond acceptors (Lipinski definition) is 3. The molecule has 2 aromatic heterocycles. The number of rotatable bonds is 2. The standard InChI is InChI=1S/C17H17N3S/c1-19-8-4-13(5-9-19)15-3-2-14-6-10-20(16(14)12-15)17-18-7-11-21-17/h2-4,6-7,10-12H,5,8-9H2,1H3. The maximum Gasteiger partial charge on any atom is 0.193 e. The fraction of sp³-hybridized carbons (Fsp3) is 0.235. The molecule has 106 valence electrons. The molecule has 1 aliphatic heterocycles. The molecule has 0 spiro atoms. The van der Waals surface area contributed by atoms with Gasteiger partial charge in [0, 0.05) is 36.2 Å². The zero-order chi connectivity index (χ0) is 14.2. The molecule has 0 unspecified atom stereocenters. The van der Waals surface area contributed by atoms with Crippen LogP contribution in [0.1, 0.15) is 12.0 Å². The Morgan fingerprint density at radius 1 is 1.24 bits per heavy atom. The first-order chi connectivity index (χ1) is 10.3. The van der Waals surface area contributed by atoms with Crippen LogP contribution in [0.5, 0.6) is 0 Å². The molecule has 0 saturated carbocycles. The van der Waals surface area contributed by atoms with Crippen molar-refractivity contribution < 1.29 is 0 Å². The van der Waals surface area contributed by atoms with E-state index >= 15 is 0 Å². The van der Waals surface area contributed by atoms with Gasteiger partial charge in [0.15, 0.2) is 5.13 Å². The summed E-state index contributed by atoms with van der Waals surface area (Å²) in [6.45, 7) is 2.18. The van der Waals surface area contributed by atoms with Crippen molar-refractivity contribution in [2.45, 2.75) is 6.42 Å². The largest absolute Gasteiger partial charge is 0.302 e. The van der Waals surface area contributed by atoms with Gasteiger partial charge in [0.05, 0.1) is 5.52 Å². The Balaban J connectivity index is 1.80. The minimum atomic E-state index is 1.03. The number of thiazole rings is 1. The molecule has 0 N–H and O–H groups in total. The van der Waals surface area contributed by atoms with Crippen molar-refractivity contribution >= 4 is 27.8 Å². The predicted octanol–water partition coefficient (Wildman–Crippen LogP) is 3.81. The Hall–Kier alpha value is -1.91. The fourth-order valence-electron chi connectivity index (χ4n) is 2.86. The second-order valence-electron chi connectivity index (χ2n) is 5.52. The lowest BCUT2D eigenvalue weighted by Gasteiger charge is -2.22. The van der Waals surface area contributed by atoms with Crippen molar-refractivity contribution in [3.05, 3.63) is 53.7 Å². The number of fused-ring (bicyclic) bond motifs is 1. The van der Waals surface area contributed by atoms with E-state index in [1.165, 1.54) is 22.0 Å². The molecular formula is C17H17N3S. The molecule has 0 radical (unpaired) electrons. The summed E-state index contributed by atoms with van der Waals surface area (Å²) in [7, 11) is 2.17. The number of likely N-dealkylation sites (N-methyl/N-ethyl adjacent to an activating group) is 1. The molecule has 3 nitrogen and oxygen atoms in total. The van der Waals surface area contributed by atoms with Crippen molar-refractivity contribution in [2.75, 3.05) is 20.1 Å². The van der Waals surface area contributed by atoms with Gasteiger partial charge < -0.3 is 4.90 Å². The summed E-state index contributed by atoms with van der Waals surface area (Å²) in [5, 5.41) is 4.31. The molecule has 1 aromatic carbocycles. The molecule has 1 aliphatic rings. The van der Waals surface area contributed by atoms with Crippen LogP contribution in [-0.4, -0.2) is 34.6 Å². The van der Waals surface area contributed by atoms with Crippen molar-refractivity contribution in [2.24, 2.45) is 0 Å². The average Bonchev–Trinajstić information content (AvgIpc) is 3.16. The third-order valence-corrected chi connectivity index (χ3v) is 4.87. The van der Waals surface area contributed by atoms with Crippen LogP contribution < -0.4 is 0 Å². The summed E-state index contributed by atoms with van der Waals surface area (Å²) in [6.07, 6.45) is 7.44. The Labute approximate surface area is 128 Å². The molecule has 0 atom stereocenters. The number of nitrogens with zero attached hydrogens (tertiary/aromatic N) is 3. The molecule has 21 heavy (non-hydrogen) atoms. The highest BCUT2D eigenvalue weighted by atomic mass is 32.1. The first-order valence-corrected chi connectivity index (χ1v) is 8.08. The van der Waals surface area contributed by atoms with E-state index < -0.39 is 0 Å². The Bertz CT molecular complexity index is 799. The highest BCUT2D eigenvalue weighted by molar-refractivity contribution is 7.12. The van der Waals surface area contributed by atoms with Crippen molar-refractivity contribution in [1.29, 1.82) is 0 Å². The highest BCUT2D eigenvalue weighted by Gasteiger charge is 2.12. The van der Waals surface area contributed by atoms with E-state index in [1.807, 2.05) is 11.6 Å². The van der Waals surface area contributed by atoms with Crippen molar-refractivity contribution in [3.8, 4) is 5.13 Å². The van der Waals surface area contributed by atoms with Crippen LogP contribution in [-0.2, 0) is 0 Å². The van der Waals surface area contributed by atoms with Gasteiger partial charge in [0.25, 0.3) is 0 Å². The van der Waals surface area contributed by atoms with E-state index in [4.69, 9.17) is 0 Å². The predicted molar refractivity (Wildman–Crippen MR) is 89.0 cm³/mol. The van der Waals surface area contributed by atoms with Gasteiger partial charge in [-0.3, -0.25) is 4.57 Å². The van der Waals surface area contributed by atoms with Gasteiger partial charge in [0.2, 0.25) is 0 Å². The van der Waals surface area contributed by atoms with E-state index in [0.717, 1.165) is 24.6 Å². The van der Waals surface area contributed by atoms with Crippen LogP contribution in [0.3, 0.4) is 0 Å². The van der Waals surface area contributed by atoms with E-state index in [2.05, 4.69) is 58.0 Å². The molecular weight excluding hydrogens is 278 g/mol. The first kappa shape index (κ1) is 12.8. The van der Waals surface area contributed by atoms with Gasteiger partial charge in [-0.05, 0) is 36.7 Å². The lowest BCUT2D eigenvalue weighted by atomic mass is 9.99. The Morgan fingerprint density at radius 2 is 2.19 bits per heavy atom. The second-order valence-corrected chi connectivity index (χ2v) is 6.39. The summed E-state index contributed by atoms with van der Waals surface area (Å²) >= 11 is 1.67. The summed E-state index contributed by atoms with van der Waals surface area (Å²) < 4.78 is 2.18. The van der Waals surface area contributed by atoms with Gasteiger partial charge in [-0.15, -0.1) is 11.3 Å². The number of benzene rings is 1. The molecule has 4 heteroatoms. The third-order valence-electron chi connectivity index (χ3n) is 4.10.